The first-order chi connectivity index (χ1) is 8.81. The normalized spacial score (nSPS) is 13.1. The summed E-state index contributed by atoms with van der Waals surface area (Å²) >= 11 is 0. The van der Waals surface area contributed by atoms with Crippen LogP contribution in [-0.2, 0) is 0 Å². The van der Waals surface area contributed by atoms with Gasteiger partial charge in [0.15, 0.2) is 11.5 Å². The van der Waals surface area contributed by atoms with Crippen LogP contribution in [0.2, 0.25) is 0 Å². The molecule has 0 radical (unpaired) electrons. The second kappa shape index (κ2) is 4.49. The second-order valence-corrected chi connectivity index (χ2v) is 4.11. The topological polar surface area (TPSA) is 56.5 Å². The first-order valence-corrected chi connectivity index (χ1v) is 5.83. The van der Waals surface area contributed by atoms with E-state index in [9.17, 15) is 0 Å². The molecule has 1 aliphatic rings. The molecule has 0 bridgehead atoms. The predicted molar refractivity (Wildman–Crippen MR) is 71.6 cm³/mol. The van der Waals surface area contributed by atoms with E-state index in [-0.39, 0.29) is 0 Å². The highest BCUT2D eigenvalue weighted by Gasteiger charge is 2.11. The van der Waals surface area contributed by atoms with Crippen LogP contribution in [0.4, 0.5) is 17.1 Å². The van der Waals surface area contributed by atoms with Crippen molar-refractivity contribution < 1.29 is 9.47 Å². The average Bonchev–Trinajstić information content (AvgIpc) is 2.41. The molecule has 1 heterocycles. The van der Waals surface area contributed by atoms with Gasteiger partial charge >= 0.3 is 0 Å². The summed E-state index contributed by atoms with van der Waals surface area (Å²) < 4.78 is 11.0. The fourth-order valence-electron chi connectivity index (χ4n) is 1.85. The van der Waals surface area contributed by atoms with Crippen LogP contribution < -0.4 is 20.5 Å². The van der Waals surface area contributed by atoms with Crippen LogP contribution in [0.5, 0.6) is 11.5 Å². The standard InChI is InChI=1S/C14H14N2O2/c15-10-1-3-11(4-2-10)16-12-5-6-13-14(9-12)18-8-7-17-13/h1-6,9,16H,7-8,15H2. The molecule has 0 saturated heterocycles. The van der Waals surface area contributed by atoms with Crippen LogP contribution in [-0.4, -0.2) is 13.2 Å². The third-order valence-electron chi connectivity index (χ3n) is 2.74. The summed E-state index contributed by atoms with van der Waals surface area (Å²) in [4.78, 5) is 0. The molecule has 0 saturated carbocycles. The third-order valence-corrected chi connectivity index (χ3v) is 2.74. The van der Waals surface area contributed by atoms with Gasteiger partial charge < -0.3 is 20.5 Å². The third kappa shape index (κ3) is 2.18. The molecule has 0 spiro atoms. The summed E-state index contributed by atoms with van der Waals surface area (Å²) in [6.07, 6.45) is 0. The molecule has 4 heteroatoms. The molecule has 1 aliphatic heterocycles. The molecular weight excluding hydrogens is 228 g/mol. The van der Waals surface area contributed by atoms with Crippen molar-refractivity contribution in [2.75, 3.05) is 24.3 Å². The van der Waals surface area contributed by atoms with Gasteiger partial charge in [-0.05, 0) is 36.4 Å². The Hall–Kier alpha value is -2.36. The van der Waals surface area contributed by atoms with Crippen molar-refractivity contribution in [1.29, 1.82) is 0 Å². The zero-order valence-electron chi connectivity index (χ0n) is 9.85. The fraction of sp³-hybridized carbons (Fsp3) is 0.143. The zero-order chi connectivity index (χ0) is 12.4. The van der Waals surface area contributed by atoms with Crippen LogP contribution in [0.3, 0.4) is 0 Å². The first kappa shape index (κ1) is 10.8. The fourth-order valence-corrected chi connectivity index (χ4v) is 1.85. The van der Waals surface area contributed by atoms with Gasteiger partial charge in [0.1, 0.15) is 13.2 Å². The smallest absolute Gasteiger partial charge is 0.163 e. The molecule has 4 nitrogen and oxygen atoms in total. The van der Waals surface area contributed by atoms with Crippen LogP contribution in [0, 0.1) is 0 Å². The van der Waals surface area contributed by atoms with E-state index in [0.717, 1.165) is 28.6 Å². The Bertz CT molecular complexity index is 552. The molecule has 0 fully saturated rings. The number of fused-ring (bicyclic) bond motifs is 1. The number of anilines is 3. The van der Waals surface area contributed by atoms with Gasteiger partial charge in [-0.3, -0.25) is 0 Å². The lowest BCUT2D eigenvalue weighted by molar-refractivity contribution is 0.171. The van der Waals surface area contributed by atoms with E-state index in [0.29, 0.717) is 13.2 Å². The molecule has 0 aromatic heterocycles. The Balaban J connectivity index is 1.82. The monoisotopic (exact) mass is 242 g/mol. The van der Waals surface area contributed by atoms with E-state index in [1.54, 1.807) is 0 Å². The Labute approximate surface area is 105 Å². The summed E-state index contributed by atoms with van der Waals surface area (Å²) in [5, 5.41) is 3.29. The number of benzene rings is 2. The minimum atomic E-state index is 0.596. The Morgan fingerprint density at radius 3 is 2.28 bits per heavy atom. The van der Waals surface area contributed by atoms with Gasteiger partial charge in [-0.25, -0.2) is 0 Å². The largest absolute Gasteiger partial charge is 0.486 e. The van der Waals surface area contributed by atoms with E-state index < -0.39 is 0 Å². The summed E-state index contributed by atoms with van der Waals surface area (Å²) in [5.41, 5.74) is 8.35. The molecule has 18 heavy (non-hydrogen) atoms. The highest BCUT2D eigenvalue weighted by Crippen LogP contribution is 2.33. The lowest BCUT2D eigenvalue weighted by Gasteiger charge is -2.19. The number of rotatable bonds is 2. The number of hydrogen-bond acceptors (Lipinski definition) is 4. The van der Waals surface area contributed by atoms with Crippen LogP contribution >= 0.6 is 0 Å². The SMILES string of the molecule is Nc1ccc(Nc2ccc3c(c2)OCCO3)cc1. The minimum Gasteiger partial charge on any atom is -0.486 e. The van der Waals surface area contributed by atoms with Gasteiger partial charge in [-0.2, -0.15) is 0 Å². The van der Waals surface area contributed by atoms with Crippen molar-refractivity contribution in [3.05, 3.63) is 42.5 Å². The lowest BCUT2D eigenvalue weighted by atomic mass is 10.2. The quantitative estimate of drug-likeness (QED) is 0.795. The molecule has 0 aliphatic carbocycles. The van der Waals surface area contributed by atoms with E-state index in [1.165, 1.54) is 0 Å². The minimum absolute atomic E-state index is 0.596. The van der Waals surface area contributed by atoms with Crippen LogP contribution in [0.25, 0.3) is 0 Å². The highest BCUT2D eigenvalue weighted by atomic mass is 16.6. The van der Waals surface area contributed by atoms with Gasteiger partial charge in [0.2, 0.25) is 0 Å². The zero-order valence-corrected chi connectivity index (χ0v) is 9.85. The number of nitrogens with one attached hydrogen (secondary N) is 1. The Morgan fingerprint density at radius 1 is 0.833 bits per heavy atom. The number of nitrogen functional groups attached to an aromatic ring is 1. The molecular formula is C14H14N2O2. The van der Waals surface area contributed by atoms with Crippen molar-refractivity contribution in [1.82, 2.24) is 0 Å². The van der Waals surface area contributed by atoms with Crippen molar-refractivity contribution in [2.24, 2.45) is 0 Å². The molecule has 92 valence electrons. The van der Waals surface area contributed by atoms with Gasteiger partial charge in [-0.15, -0.1) is 0 Å². The lowest BCUT2D eigenvalue weighted by Crippen LogP contribution is -2.15. The van der Waals surface area contributed by atoms with Gasteiger partial charge in [-0.1, -0.05) is 0 Å². The maximum atomic E-state index is 5.65. The van der Waals surface area contributed by atoms with Crippen LogP contribution in [0.1, 0.15) is 0 Å². The molecule has 0 amide bonds. The maximum absolute atomic E-state index is 5.65. The van der Waals surface area contributed by atoms with Crippen LogP contribution in [0.15, 0.2) is 42.5 Å². The average molecular weight is 242 g/mol. The van der Waals surface area contributed by atoms with Gasteiger partial charge in [0.25, 0.3) is 0 Å². The molecule has 0 atom stereocenters. The second-order valence-electron chi connectivity index (χ2n) is 4.11. The summed E-state index contributed by atoms with van der Waals surface area (Å²) in [5.74, 6) is 1.57. The molecule has 3 N–H and O–H groups in total. The van der Waals surface area contributed by atoms with Crippen molar-refractivity contribution in [2.45, 2.75) is 0 Å². The molecule has 0 unspecified atom stereocenters. The molecule has 2 aromatic rings. The number of ether oxygens (including phenoxy) is 2. The van der Waals surface area contributed by atoms with Crippen molar-refractivity contribution in [3.8, 4) is 11.5 Å². The molecule has 3 rings (SSSR count). The Kier molecular flexibility index (Phi) is 2.68. The first-order valence-electron chi connectivity index (χ1n) is 5.83. The van der Waals surface area contributed by atoms with Crippen molar-refractivity contribution in [3.63, 3.8) is 0 Å². The van der Waals surface area contributed by atoms with E-state index in [1.807, 2.05) is 42.5 Å². The number of hydrogen-bond donors (Lipinski definition) is 2. The summed E-state index contributed by atoms with van der Waals surface area (Å²) in [6.45, 7) is 1.20. The van der Waals surface area contributed by atoms with E-state index in [4.69, 9.17) is 15.2 Å². The Morgan fingerprint density at radius 2 is 1.50 bits per heavy atom. The highest BCUT2D eigenvalue weighted by molar-refractivity contribution is 5.65. The predicted octanol–water partition coefficient (Wildman–Crippen LogP) is 2.78. The summed E-state index contributed by atoms with van der Waals surface area (Å²) in [6, 6.07) is 13.4. The van der Waals surface area contributed by atoms with E-state index >= 15 is 0 Å². The van der Waals surface area contributed by atoms with E-state index in [2.05, 4.69) is 5.32 Å². The maximum Gasteiger partial charge on any atom is 0.163 e. The van der Waals surface area contributed by atoms with Gasteiger partial charge in [0, 0.05) is 23.1 Å². The van der Waals surface area contributed by atoms with Crippen molar-refractivity contribution >= 4 is 17.1 Å². The molecule has 2 aromatic carbocycles. The van der Waals surface area contributed by atoms with Gasteiger partial charge in [0.05, 0.1) is 0 Å². The number of nitrogens with two attached hydrogens (primary N) is 1. The summed E-state index contributed by atoms with van der Waals surface area (Å²) in [7, 11) is 0.